The van der Waals surface area contributed by atoms with Crippen LogP contribution in [-0.4, -0.2) is 24.4 Å². The van der Waals surface area contributed by atoms with Gasteiger partial charge in [0, 0.05) is 29.1 Å². The maximum absolute atomic E-state index is 5.86. The van der Waals surface area contributed by atoms with Gasteiger partial charge in [-0.2, -0.15) is 0 Å². The molecular formula is C19H22N4OS. The minimum atomic E-state index is 0.192. The maximum atomic E-state index is 5.86. The number of hydrogen-bond donors (Lipinski definition) is 2. The highest BCUT2D eigenvalue weighted by Crippen LogP contribution is 2.35. The minimum absolute atomic E-state index is 0.192. The first-order valence-electron chi connectivity index (χ1n) is 8.48. The molecule has 1 unspecified atom stereocenters. The van der Waals surface area contributed by atoms with Crippen LogP contribution in [0.2, 0.25) is 0 Å². The molecule has 2 aromatic rings. The fourth-order valence-corrected chi connectivity index (χ4v) is 3.63. The summed E-state index contributed by atoms with van der Waals surface area (Å²) in [7, 11) is 4.01. The largest absolute Gasteiger partial charge is 0.460 e. The van der Waals surface area contributed by atoms with Crippen molar-refractivity contribution in [3.63, 3.8) is 0 Å². The van der Waals surface area contributed by atoms with Crippen LogP contribution in [0.1, 0.15) is 29.2 Å². The van der Waals surface area contributed by atoms with Crippen molar-refractivity contribution in [2.75, 3.05) is 24.1 Å². The van der Waals surface area contributed by atoms with Crippen molar-refractivity contribution in [3.8, 4) is 0 Å². The quantitative estimate of drug-likeness (QED) is 0.806. The van der Waals surface area contributed by atoms with Gasteiger partial charge in [0.1, 0.15) is 6.61 Å². The Morgan fingerprint density at radius 2 is 2.08 bits per heavy atom. The SMILES string of the molecule is CN(C)SNc1ccc2c(c1)COC(=NC1CCc3ccccc31)N2. The van der Waals surface area contributed by atoms with Crippen LogP contribution in [0.4, 0.5) is 11.4 Å². The highest BCUT2D eigenvalue weighted by Gasteiger charge is 2.23. The summed E-state index contributed by atoms with van der Waals surface area (Å²) in [6, 6.07) is 15.6. The Bertz CT molecular complexity index is 806. The Balaban J connectivity index is 1.48. The zero-order valence-electron chi connectivity index (χ0n) is 14.5. The number of benzene rings is 2. The van der Waals surface area contributed by atoms with E-state index in [0.717, 1.165) is 29.8 Å². The second-order valence-electron chi connectivity index (χ2n) is 6.48. The van der Waals surface area contributed by atoms with Crippen molar-refractivity contribution in [3.05, 3.63) is 59.2 Å². The zero-order chi connectivity index (χ0) is 17.2. The number of rotatable bonds is 4. The van der Waals surface area contributed by atoms with Crippen LogP contribution < -0.4 is 10.0 Å². The zero-order valence-corrected chi connectivity index (χ0v) is 15.3. The number of nitrogens with one attached hydrogen (secondary N) is 2. The fourth-order valence-electron chi connectivity index (χ4n) is 3.22. The Morgan fingerprint density at radius 1 is 1.20 bits per heavy atom. The third-order valence-electron chi connectivity index (χ3n) is 4.43. The first-order chi connectivity index (χ1) is 12.2. The highest BCUT2D eigenvalue weighted by atomic mass is 32.2. The van der Waals surface area contributed by atoms with Crippen molar-refractivity contribution in [1.29, 1.82) is 0 Å². The highest BCUT2D eigenvalue weighted by molar-refractivity contribution is 7.98. The van der Waals surface area contributed by atoms with E-state index in [4.69, 9.17) is 9.73 Å². The Morgan fingerprint density at radius 3 is 2.96 bits per heavy atom. The molecule has 5 nitrogen and oxygen atoms in total. The van der Waals surface area contributed by atoms with Gasteiger partial charge in [-0.15, -0.1) is 0 Å². The number of aliphatic imine (C=N–C) groups is 1. The van der Waals surface area contributed by atoms with Gasteiger partial charge in [-0.25, -0.2) is 9.30 Å². The molecule has 4 rings (SSSR count). The first-order valence-corrected chi connectivity index (χ1v) is 9.25. The van der Waals surface area contributed by atoms with Gasteiger partial charge in [0.2, 0.25) is 0 Å². The lowest BCUT2D eigenvalue weighted by Gasteiger charge is -2.22. The third kappa shape index (κ3) is 3.60. The standard InChI is InChI=1S/C19H22N4OS/c1-23(2)25-22-15-8-10-17-14(11-15)12-24-19(20-17)21-18-9-7-13-5-3-4-6-16(13)18/h3-6,8,10-11,18,22H,7,9,12H2,1-2H3,(H,20,21). The van der Waals surface area contributed by atoms with Crippen molar-refractivity contribution in [2.45, 2.75) is 25.5 Å². The maximum Gasteiger partial charge on any atom is 0.290 e. The second kappa shape index (κ2) is 6.98. The van der Waals surface area contributed by atoms with Gasteiger partial charge in [-0.1, -0.05) is 24.3 Å². The Hall–Kier alpha value is -2.18. The average Bonchev–Trinajstić information content (AvgIpc) is 3.03. The summed E-state index contributed by atoms with van der Waals surface area (Å²) in [4.78, 5) is 4.81. The number of fused-ring (bicyclic) bond motifs is 2. The van der Waals surface area contributed by atoms with Gasteiger partial charge in [-0.3, -0.25) is 0 Å². The molecule has 6 heteroatoms. The van der Waals surface area contributed by atoms with Crippen molar-refractivity contribution in [1.82, 2.24) is 4.31 Å². The van der Waals surface area contributed by atoms with Crippen LogP contribution in [0.3, 0.4) is 0 Å². The smallest absolute Gasteiger partial charge is 0.290 e. The third-order valence-corrected chi connectivity index (χ3v) is 5.12. The van der Waals surface area contributed by atoms with E-state index in [0.29, 0.717) is 12.6 Å². The van der Waals surface area contributed by atoms with Crippen LogP contribution in [0.25, 0.3) is 0 Å². The molecule has 0 radical (unpaired) electrons. The van der Waals surface area contributed by atoms with Gasteiger partial charge < -0.3 is 14.8 Å². The van der Waals surface area contributed by atoms with Crippen LogP contribution in [0.15, 0.2) is 47.5 Å². The van der Waals surface area contributed by atoms with E-state index in [1.165, 1.54) is 11.1 Å². The molecular weight excluding hydrogens is 332 g/mol. The van der Waals surface area contributed by atoms with E-state index in [1.807, 2.05) is 18.4 Å². The summed E-state index contributed by atoms with van der Waals surface area (Å²) < 4.78 is 11.2. The van der Waals surface area contributed by atoms with Crippen LogP contribution in [-0.2, 0) is 17.8 Å². The van der Waals surface area contributed by atoms with E-state index in [9.17, 15) is 0 Å². The summed E-state index contributed by atoms with van der Waals surface area (Å²) in [5, 5.41) is 3.33. The lowest BCUT2D eigenvalue weighted by atomic mass is 10.1. The first kappa shape index (κ1) is 16.3. The van der Waals surface area contributed by atoms with E-state index >= 15 is 0 Å². The molecule has 0 spiro atoms. The normalized spacial score (nSPS) is 20.0. The molecule has 2 aromatic carbocycles. The van der Waals surface area contributed by atoms with Gasteiger partial charge in [0.05, 0.1) is 6.04 Å². The molecule has 1 atom stereocenters. The molecule has 130 valence electrons. The van der Waals surface area contributed by atoms with Crippen LogP contribution >= 0.6 is 12.1 Å². The molecule has 1 aliphatic carbocycles. The van der Waals surface area contributed by atoms with E-state index in [-0.39, 0.29) is 6.04 Å². The van der Waals surface area contributed by atoms with Crippen LogP contribution in [0, 0.1) is 0 Å². The summed E-state index contributed by atoms with van der Waals surface area (Å²) in [5.74, 6) is 0. The fraction of sp³-hybridized carbons (Fsp3) is 0.316. The van der Waals surface area contributed by atoms with Gasteiger partial charge in [0.25, 0.3) is 6.02 Å². The molecule has 25 heavy (non-hydrogen) atoms. The summed E-state index contributed by atoms with van der Waals surface area (Å²) in [5.41, 5.74) is 5.99. The van der Waals surface area contributed by atoms with Crippen molar-refractivity contribution >= 4 is 29.5 Å². The van der Waals surface area contributed by atoms with Crippen molar-refractivity contribution in [2.24, 2.45) is 4.99 Å². The number of hydrogen-bond acceptors (Lipinski definition) is 5. The van der Waals surface area contributed by atoms with E-state index in [1.54, 1.807) is 12.1 Å². The lowest BCUT2D eigenvalue weighted by Crippen LogP contribution is -2.23. The average molecular weight is 354 g/mol. The summed E-state index contributed by atoms with van der Waals surface area (Å²) >= 11 is 1.55. The molecule has 0 fully saturated rings. The number of nitrogens with zero attached hydrogens (tertiary/aromatic N) is 2. The van der Waals surface area contributed by atoms with E-state index < -0.39 is 0 Å². The molecule has 0 saturated heterocycles. The monoisotopic (exact) mass is 354 g/mol. The molecule has 0 bridgehead atoms. The molecule has 0 amide bonds. The topological polar surface area (TPSA) is 48.9 Å². The summed E-state index contributed by atoms with van der Waals surface area (Å²) in [6.07, 6.45) is 2.14. The minimum Gasteiger partial charge on any atom is -0.460 e. The van der Waals surface area contributed by atoms with Gasteiger partial charge >= 0.3 is 0 Å². The van der Waals surface area contributed by atoms with Crippen molar-refractivity contribution < 1.29 is 4.74 Å². The molecule has 1 heterocycles. The summed E-state index contributed by atoms with van der Waals surface area (Å²) in [6.45, 7) is 0.539. The van der Waals surface area contributed by atoms with Gasteiger partial charge in [-0.05, 0) is 56.3 Å². The molecule has 2 aliphatic rings. The number of amidine groups is 1. The molecule has 0 saturated carbocycles. The molecule has 1 aliphatic heterocycles. The Labute approximate surface area is 152 Å². The molecule has 2 N–H and O–H groups in total. The lowest BCUT2D eigenvalue weighted by molar-refractivity contribution is 0.282. The predicted octanol–water partition coefficient (Wildman–Crippen LogP) is 4.21. The van der Waals surface area contributed by atoms with E-state index in [2.05, 4.69) is 52.5 Å². The van der Waals surface area contributed by atoms with Crippen LogP contribution in [0.5, 0.6) is 0 Å². The van der Waals surface area contributed by atoms with Gasteiger partial charge in [0.15, 0.2) is 0 Å². The Kier molecular flexibility index (Phi) is 4.55. The molecule has 0 aromatic heterocycles. The number of ether oxygens (including phenoxy) is 1. The second-order valence-corrected chi connectivity index (χ2v) is 7.60. The predicted molar refractivity (Wildman–Crippen MR) is 105 cm³/mol. The number of anilines is 2. The number of aryl methyl sites for hydroxylation is 1.